The molecular weight excluding hydrogens is 208 g/mol. The molecule has 0 aromatic heterocycles. The van der Waals surface area contributed by atoms with Gasteiger partial charge in [0.15, 0.2) is 0 Å². The average Bonchev–Trinajstić information content (AvgIpc) is 1.97. The van der Waals surface area contributed by atoms with Crippen LogP contribution in [0.25, 0.3) is 0 Å². The Hall–Kier alpha value is -1.21. The predicted octanol–water partition coefficient (Wildman–Crippen LogP) is 1.61. The van der Waals surface area contributed by atoms with Crippen LogP contribution in [0.1, 0.15) is 5.56 Å². The van der Waals surface area contributed by atoms with E-state index in [1.165, 1.54) is 12.1 Å². The first-order chi connectivity index (χ1) is 5.15. The van der Waals surface area contributed by atoms with E-state index < -0.39 is 0 Å². The van der Waals surface area contributed by atoms with Crippen molar-refractivity contribution in [3.8, 4) is 11.8 Å². The molecule has 0 aliphatic carbocycles. The van der Waals surface area contributed by atoms with Crippen molar-refractivity contribution < 1.29 is 5.11 Å². The molecule has 11 heavy (non-hydrogen) atoms. The van der Waals surface area contributed by atoms with Crippen LogP contribution in [0.2, 0.25) is 0 Å². The molecule has 1 rings (SSSR count). The number of phenolic OH excluding ortho intramolecular Hbond substituents is 1. The Labute approximate surface area is 72.2 Å². The van der Waals surface area contributed by atoms with Gasteiger partial charge in [0, 0.05) is 6.07 Å². The zero-order valence-corrected chi connectivity index (χ0v) is 7.09. The van der Waals surface area contributed by atoms with E-state index in [1.807, 2.05) is 6.07 Å². The molecule has 0 fully saturated rings. The minimum absolute atomic E-state index is 0.0238. The summed E-state index contributed by atoms with van der Waals surface area (Å²) in [5, 5.41) is 17.6. The number of halogens is 1. The fourth-order valence-corrected chi connectivity index (χ4v) is 1.04. The standard InChI is InChI=1S/C7H5BrN2O/c8-5-2-6(10)4(3-9)1-7(5)11/h1-2,11H,10H2. The molecule has 3 N–H and O–H groups in total. The van der Waals surface area contributed by atoms with Crippen LogP contribution >= 0.6 is 15.9 Å². The third kappa shape index (κ3) is 1.44. The van der Waals surface area contributed by atoms with Crippen molar-refractivity contribution in [1.82, 2.24) is 0 Å². The van der Waals surface area contributed by atoms with Crippen LogP contribution in [0.15, 0.2) is 16.6 Å². The van der Waals surface area contributed by atoms with E-state index in [1.54, 1.807) is 0 Å². The molecule has 1 aromatic rings. The van der Waals surface area contributed by atoms with Crippen LogP contribution in [-0.4, -0.2) is 5.11 Å². The van der Waals surface area contributed by atoms with Crippen LogP contribution in [0, 0.1) is 11.3 Å². The summed E-state index contributed by atoms with van der Waals surface area (Å²) in [7, 11) is 0. The zero-order chi connectivity index (χ0) is 8.43. The topological polar surface area (TPSA) is 70.0 Å². The van der Waals surface area contributed by atoms with E-state index >= 15 is 0 Å². The molecule has 0 aliphatic rings. The third-order valence-electron chi connectivity index (χ3n) is 1.24. The lowest BCUT2D eigenvalue weighted by molar-refractivity contribution is 0.472. The molecule has 56 valence electrons. The number of hydrogen-bond donors (Lipinski definition) is 2. The second kappa shape index (κ2) is 2.81. The number of benzene rings is 1. The van der Waals surface area contributed by atoms with Gasteiger partial charge >= 0.3 is 0 Å². The van der Waals surface area contributed by atoms with E-state index in [2.05, 4.69) is 15.9 Å². The SMILES string of the molecule is N#Cc1cc(O)c(Br)cc1N. The van der Waals surface area contributed by atoms with Gasteiger partial charge in [-0.3, -0.25) is 0 Å². The summed E-state index contributed by atoms with van der Waals surface area (Å²) in [5.41, 5.74) is 6.08. The number of nitrogens with two attached hydrogens (primary N) is 1. The number of hydrogen-bond acceptors (Lipinski definition) is 3. The Bertz CT molecular complexity index is 330. The van der Waals surface area contributed by atoms with Gasteiger partial charge in [-0.15, -0.1) is 0 Å². The van der Waals surface area contributed by atoms with Gasteiger partial charge in [0.25, 0.3) is 0 Å². The summed E-state index contributed by atoms with van der Waals surface area (Å²) in [4.78, 5) is 0. The zero-order valence-electron chi connectivity index (χ0n) is 5.50. The minimum Gasteiger partial charge on any atom is -0.507 e. The van der Waals surface area contributed by atoms with E-state index in [4.69, 9.17) is 16.1 Å². The monoisotopic (exact) mass is 212 g/mol. The number of anilines is 1. The fourth-order valence-electron chi connectivity index (χ4n) is 0.674. The second-order valence-corrected chi connectivity index (χ2v) is 2.86. The largest absolute Gasteiger partial charge is 0.507 e. The van der Waals surface area contributed by atoms with Crippen molar-refractivity contribution in [1.29, 1.82) is 5.26 Å². The van der Waals surface area contributed by atoms with Crippen molar-refractivity contribution in [3.05, 3.63) is 22.2 Å². The molecule has 0 aliphatic heterocycles. The third-order valence-corrected chi connectivity index (χ3v) is 1.87. The summed E-state index contributed by atoms with van der Waals surface area (Å²) in [6.07, 6.45) is 0. The number of phenols is 1. The molecule has 0 heterocycles. The molecule has 0 atom stereocenters. The van der Waals surface area contributed by atoms with Gasteiger partial charge < -0.3 is 10.8 Å². The number of aromatic hydroxyl groups is 1. The number of nitriles is 1. The van der Waals surface area contributed by atoms with E-state index in [0.29, 0.717) is 10.2 Å². The first-order valence-corrected chi connectivity index (χ1v) is 3.62. The molecule has 3 nitrogen and oxygen atoms in total. The van der Waals surface area contributed by atoms with Crippen molar-refractivity contribution in [2.75, 3.05) is 5.73 Å². The molecule has 0 bridgehead atoms. The van der Waals surface area contributed by atoms with E-state index in [0.717, 1.165) is 0 Å². The molecule has 0 amide bonds. The van der Waals surface area contributed by atoms with Gasteiger partial charge in [-0.25, -0.2) is 0 Å². The first kappa shape index (κ1) is 7.89. The van der Waals surface area contributed by atoms with Gasteiger partial charge in [0.05, 0.1) is 15.7 Å². The smallest absolute Gasteiger partial charge is 0.131 e. The fraction of sp³-hybridized carbons (Fsp3) is 0. The minimum atomic E-state index is 0.0238. The summed E-state index contributed by atoms with van der Waals surface area (Å²) < 4.78 is 0.494. The predicted molar refractivity (Wildman–Crippen MR) is 44.9 cm³/mol. The normalized spacial score (nSPS) is 9.09. The molecule has 1 aromatic carbocycles. The van der Waals surface area contributed by atoms with Gasteiger partial charge in [0.2, 0.25) is 0 Å². The Morgan fingerprint density at radius 3 is 2.73 bits per heavy atom. The van der Waals surface area contributed by atoms with Gasteiger partial charge in [0.1, 0.15) is 11.8 Å². The van der Waals surface area contributed by atoms with Crippen molar-refractivity contribution >= 4 is 21.6 Å². The summed E-state index contributed by atoms with van der Waals surface area (Å²) in [6, 6.07) is 4.67. The van der Waals surface area contributed by atoms with Crippen LogP contribution < -0.4 is 5.73 Å². The van der Waals surface area contributed by atoms with E-state index in [9.17, 15) is 0 Å². The lowest BCUT2D eigenvalue weighted by atomic mass is 10.2. The Balaban J connectivity index is 3.35. The van der Waals surface area contributed by atoms with E-state index in [-0.39, 0.29) is 11.3 Å². The van der Waals surface area contributed by atoms with Crippen LogP contribution in [0.5, 0.6) is 5.75 Å². The van der Waals surface area contributed by atoms with Crippen molar-refractivity contribution in [2.45, 2.75) is 0 Å². The lowest BCUT2D eigenvalue weighted by Gasteiger charge is -1.99. The molecule has 4 heteroatoms. The van der Waals surface area contributed by atoms with Gasteiger partial charge in [-0.2, -0.15) is 5.26 Å². The lowest BCUT2D eigenvalue weighted by Crippen LogP contribution is -1.89. The summed E-state index contributed by atoms with van der Waals surface area (Å²) >= 11 is 3.07. The van der Waals surface area contributed by atoms with Crippen LogP contribution in [0.4, 0.5) is 5.69 Å². The first-order valence-electron chi connectivity index (χ1n) is 2.83. The van der Waals surface area contributed by atoms with Gasteiger partial charge in [-0.05, 0) is 22.0 Å². The van der Waals surface area contributed by atoms with Crippen LogP contribution in [-0.2, 0) is 0 Å². The number of nitrogen functional groups attached to an aromatic ring is 1. The molecule has 0 saturated heterocycles. The Morgan fingerprint density at radius 1 is 1.55 bits per heavy atom. The highest BCUT2D eigenvalue weighted by molar-refractivity contribution is 9.10. The molecule has 0 unspecified atom stereocenters. The quantitative estimate of drug-likeness (QED) is 0.508. The Kier molecular flexibility index (Phi) is 2.01. The molecule has 0 saturated carbocycles. The number of nitrogens with zero attached hydrogens (tertiary/aromatic N) is 1. The maximum Gasteiger partial charge on any atom is 0.131 e. The molecule has 0 radical (unpaired) electrons. The maximum absolute atomic E-state index is 9.10. The average molecular weight is 213 g/mol. The Morgan fingerprint density at radius 2 is 2.18 bits per heavy atom. The van der Waals surface area contributed by atoms with Crippen molar-refractivity contribution in [3.63, 3.8) is 0 Å². The molecule has 0 spiro atoms. The highest BCUT2D eigenvalue weighted by atomic mass is 79.9. The maximum atomic E-state index is 9.10. The van der Waals surface area contributed by atoms with Crippen molar-refractivity contribution in [2.24, 2.45) is 0 Å². The van der Waals surface area contributed by atoms with Crippen LogP contribution in [0.3, 0.4) is 0 Å². The summed E-state index contributed by atoms with van der Waals surface area (Å²) in [6.45, 7) is 0. The summed E-state index contributed by atoms with van der Waals surface area (Å²) in [5.74, 6) is 0.0238. The highest BCUT2D eigenvalue weighted by Gasteiger charge is 2.03. The highest BCUT2D eigenvalue weighted by Crippen LogP contribution is 2.28. The molecular formula is C7H5BrN2O. The number of rotatable bonds is 0. The van der Waals surface area contributed by atoms with Gasteiger partial charge in [-0.1, -0.05) is 0 Å². The second-order valence-electron chi connectivity index (χ2n) is 2.00.